The Hall–Kier alpha value is -0.920. The van der Waals surface area contributed by atoms with Crippen LogP contribution < -0.4 is 0 Å². The summed E-state index contributed by atoms with van der Waals surface area (Å²) in [4.78, 5) is 12.4. The van der Waals surface area contributed by atoms with Crippen molar-refractivity contribution in [2.24, 2.45) is 17.8 Å². The van der Waals surface area contributed by atoms with E-state index in [0.717, 1.165) is 19.3 Å². The third-order valence-electron chi connectivity index (χ3n) is 6.66. The van der Waals surface area contributed by atoms with Crippen LogP contribution in [0.15, 0.2) is 0 Å². The van der Waals surface area contributed by atoms with Gasteiger partial charge in [-0.1, -0.05) is 32.1 Å². The lowest BCUT2D eigenvalue weighted by atomic mass is 9.70. The zero-order chi connectivity index (χ0) is 20.3. The van der Waals surface area contributed by atoms with Gasteiger partial charge in [0.05, 0.1) is 12.0 Å². The summed E-state index contributed by atoms with van der Waals surface area (Å²) in [6, 6.07) is 0. The number of ether oxygens (including phenoxy) is 2. The number of carbonyl (C=O) groups is 1. The summed E-state index contributed by atoms with van der Waals surface area (Å²) in [5.74, 6) is -0.672. The molecule has 0 amide bonds. The van der Waals surface area contributed by atoms with Gasteiger partial charge in [0.25, 0.3) is 0 Å². The third-order valence-corrected chi connectivity index (χ3v) is 6.66. The van der Waals surface area contributed by atoms with Crippen LogP contribution in [-0.2, 0) is 14.3 Å². The topological polar surface area (TPSA) is 35.5 Å². The molecule has 3 aliphatic carbocycles. The van der Waals surface area contributed by atoms with E-state index in [9.17, 15) is 26.7 Å². The van der Waals surface area contributed by atoms with Gasteiger partial charge in [-0.15, -0.1) is 13.2 Å². The van der Waals surface area contributed by atoms with Crippen molar-refractivity contribution in [1.82, 2.24) is 0 Å². The predicted molar refractivity (Wildman–Crippen MR) is 91.9 cm³/mol. The van der Waals surface area contributed by atoms with Gasteiger partial charge in [-0.3, -0.25) is 9.53 Å². The summed E-state index contributed by atoms with van der Waals surface area (Å²) in [5, 5.41) is 0. The molecule has 0 aromatic rings. The van der Waals surface area contributed by atoms with Crippen LogP contribution in [0.4, 0.5) is 22.0 Å². The van der Waals surface area contributed by atoms with Gasteiger partial charge in [0.2, 0.25) is 0 Å². The SMILES string of the molecule is O=C(OC1CCC(OC(F)(F)F)C(F)C1)C1CCC(C2CCCCC2)CC1F. The van der Waals surface area contributed by atoms with Gasteiger partial charge >= 0.3 is 12.3 Å². The zero-order valence-electron chi connectivity index (χ0n) is 15.9. The minimum atomic E-state index is -4.89. The number of hydrogen-bond donors (Lipinski definition) is 0. The highest BCUT2D eigenvalue weighted by Crippen LogP contribution is 2.42. The molecule has 3 nitrogen and oxygen atoms in total. The number of carbonyl (C=O) groups excluding carboxylic acids is 1. The molecule has 6 atom stereocenters. The van der Waals surface area contributed by atoms with Crippen LogP contribution in [0.3, 0.4) is 0 Å². The average molecular weight is 412 g/mol. The Labute approximate surface area is 162 Å². The summed E-state index contributed by atoms with van der Waals surface area (Å²) in [7, 11) is 0. The maximum absolute atomic E-state index is 14.7. The van der Waals surface area contributed by atoms with Crippen LogP contribution in [0.2, 0.25) is 0 Å². The maximum Gasteiger partial charge on any atom is 0.522 e. The first-order valence-corrected chi connectivity index (χ1v) is 10.5. The highest BCUT2D eigenvalue weighted by atomic mass is 19.4. The number of esters is 1. The molecule has 162 valence electrons. The average Bonchev–Trinajstić information content (AvgIpc) is 2.63. The van der Waals surface area contributed by atoms with E-state index in [1.807, 2.05) is 0 Å². The molecule has 8 heteroatoms. The molecule has 0 heterocycles. The highest BCUT2D eigenvalue weighted by molar-refractivity contribution is 5.73. The summed E-state index contributed by atoms with van der Waals surface area (Å²) in [6.07, 6.45) is -3.40. The minimum Gasteiger partial charge on any atom is -0.462 e. The smallest absolute Gasteiger partial charge is 0.462 e. The number of rotatable bonds is 4. The van der Waals surface area contributed by atoms with Crippen LogP contribution in [-0.4, -0.2) is 36.9 Å². The van der Waals surface area contributed by atoms with Crippen molar-refractivity contribution in [3.05, 3.63) is 0 Å². The Morgan fingerprint density at radius 1 is 0.786 bits per heavy atom. The van der Waals surface area contributed by atoms with Crippen LogP contribution in [0.1, 0.15) is 70.6 Å². The van der Waals surface area contributed by atoms with E-state index in [4.69, 9.17) is 4.74 Å². The summed E-state index contributed by atoms with van der Waals surface area (Å²) >= 11 is 0. The van der Waals surface area contributed by atoms with E-state index in [2.05, 4.69) is 4.74 Å². The molecule has 0 spiro atoms. The molecule has 0 bridgehead atoms. The summed E-state index contributed by atoms with van der Waals surface area (Å²) < 4.78 is 74.4. The third kappa shape index (κ3) is 5.80. The summed E-state index contributed by atoms with van der Waals surface area (Å²) in [5.41, 5.74) is 0. The van der Waals surface area contributed by atoms with Crippen molar-refractivity contribution in [2.75, 3.05) is 0 Å². The molecule has 3 rings (SSSR count). The van der Waals surface area contributed by atoms with Gasteiger partial charge < -0.3 is 4.74 Å². The van der Waals surface area contributed by atoms with Gasteiger partial charge in [-0.2, -0.15) is 0 Å². The maximum atomic E-state index is 14.7. The fraction of sp³-hybridized carbons (Fsp3) is 0.950. The van der Waals surface area contributed by atoms with Gasteiger partial charge in [0, 0.05) is 6.42 Å². The van der Waals surface area contributed by atoms with Crippen molar-refractivity contribution in [3.63, 3.8) is 0 Å². The summed E-state index contributed by atoms with van der Waals surface area (Å²) in [6.45, 7) is 0. The fourth-order valence-electron chi connectivity index (χ4n) is 5.16. The van der Waals surface area contributed by atoms with Crippen LogP contribution >= 0.6 is 0 Å². The Morgan fingerprint density at radius 3 is 2.11 bits per heavy atom. The Balaban J connectivity index is 1.45. The standard InChI is InChI=1S/C20H29F5O3/c21-16-10-13(12-4-2-1-3-5-12)6-8-15(16)19(26)27-14-7-9-18(17(22)11-14)28-20(23,24)25/h12-18H,1-11H2. The number of halogens is 5. The quantitative estimate of drug-likeness (QED) is 0.442. The number of alkyl halides is 5. The Bertz CT molecular complexity index is 520. The van der Waals surface area contributed by atoms with Crippen molar-refractivity contribution in [1.29, 1.82) is 0 Å². The molecular formula is C20H29F5O3. The Morgan fingerprint density at radius 2 is 1.50 bits per heavy atom. The Kier molecular flexibility index (Phi) is 7.21. The van der Waals surface area contributed by atoms with Gasteiger partial charge in [0.1, 0.15) is 18.4 Å². The monoisotopic (exact) mass is 412 g/mol. The van der Waals surface area contributed by atoms with Crippen molar-refractivity contribution < 1.29 is 36.2 Å². The molecule has 0 aliphatic heterocycles. The van der Waals surface area contributed by atoms with Gasteiger partial charge in [0.15, 0.2) is 0 Å². The zero-order valence-corrected chi connectivity index (χ0v) is 15.9. The molecule has 28 heavy (non-hydrogen) atoms. The molecule has 0 radical (unpaired) electrons. The first-order valence-electron chi connectivity index (χ1n) is 10.5. The molecule has 0 N–H and O–H groups in total. The van der Waals surface area contributed by atoms with Crippen molar-refractivity contribution in [3.8, 4) is 0 Å². The molecular weight excluding hydrogens is 383 g/mol. The van der Waals surface area contributed by atoms with E-state index in [0.29, 0.717) is 24.7 Å². The van der Waals surface area contributed by atoms with E-state index >= 15 is 0 Å². The van der Waals surface area contributed by atoms with Crippen LogP contribution in [0, 0.1) is 17.8 Å². The number of hydrogen-bond acceptors (Lipinski definition) is 3. The van der Waals surface area contributed by atoms with Gasteiger partial charge in [-0.05, 0) is 43.9 Å². The van der Waals surface area contributed by atoms with Gasteiger partial charge in [-0.25, -0.2) is 8.78 Å². The van der Waals surface area contributed by atoms with E-state index < -0.39 is 42.8 Å². The minimum absolute atomic E-state index is 0.0846. The molecule has 0 aromatic carbocycles. The molecule has 3 saturated carbocycles. The fourth-order valence-corrected chi connectivity index (χ4v) is 5.16. The van der Waals surface area contributed by atoms with E-state index in [1.54, 1.807) is 0 Å². The first kappa shape index (κ1) is 21.8. The largest absolute Gasteiger partial charge is 0.522 e. The molecule has 6 unspecified atom stereocenters. The molecule has 3 aliphatic rings. The lowest BCUT2D eigenvalue weighted by molar-refractivity contribution is -0.352. The van der Waals surface area contributed by atoms with Crippen LogP contribution in [0.25, 0.3) is 0 Å². The van der Waals surface area contributed by atoms with Crippen molar-refractivity contribution in [2.45, 2.75) is 102 Å². The second kappa shape index (κ2) is 9.26. The molecule has 0 aromatic heterocycles. The second-order valence-electron chi connectivity index (χ2n) is 8.58. The lowest BCUT2D eigenvalue weighted by Gasteiger charge is -2.38. The second-order valence-corrected chi connectivity index (χ2v) is 8.58. The van der Waals surface area contributed by atoms with Crippen LogP contribution in [0.5, 0.6) is 0 Å². The van der Waals surface area contributed by atoms with Crippen molar-refractivity contribution >= 4 is 5.97 Å². The predicted octanol–water partition coefficient (Wildman–Crippen LogP) is 5.66. The molecule has 3 fully saturated rings. The van der Waals surface area contributed by atoms with E-state index in [-0.39, 0.29) is 19.3 Å². The first-order chi connectivity index (χ1) is 13.2. The van der Waals surface area contributed by atoms with E-state index in [1.165, 1.54) is 19.3 Å². The normalized spacial score (nSPS) is 38.2. The lowest BCUT2D eigenvalue weighted by Crippen LogP contribution is -2.42. The highest BCUT2D eigenvalue weighted by Gasteiger charge is 2.43. The molecule has 0 saturated heterocycles.